The Balaban J connectivity index is 3.84. The highest BCUT2D eigenvalue weighted by atomic mass is 16.2. The molecule has 0 unspecified atom stereocenters. The van der Waals surface area contributed by atoms with E-state index in [4.69, 9.17) is 0 Å². The third kappa shape index (κ3) is 7.67. The third-order valence-corrected chi connectivity index (χ3v) is 3.35. The number of hydrogen-bond acceptors (Lipinski definition) is 3. The van der Waals surface area contributed by atoms with Gasteiger partial charge in [0.2, 0.25) is 5.91 Å². The maximum Gasteiger partial charge on any atom is 0.222 e. The number of rotatable bonds is 11. The predicted molar refractivity (Wildman–Crippen MR) is 77.8 cm³/mol. The van der Waals surface area contributed by atoms with Crippen LogP contribution in [-0.4, -0.2) is 62.0 Å². The summed E-state index contributed by atoms with van der Waals surface area (Å²) in [6, 6.07) is 0. The van der Waals surface area contributed by atoms with Crippen molar-refractivity contribution in [1.82, 2.24) is 15.1 Å². The van der Waals surface area contributed by atoms with Gasteiger partial charge in [0.05, 0.1) is 0 Å². The van der Waals surface area contributed by atoms with Gasteiger partial charge in [0.1, 0.15) is 0 Å². The van der Waals surface area contributed by atoms with Crippen LogP contribution in [0.25, 0.3) is 0 Å². The normalized spacial score (nSPS) is 10.9. The van der Waals surface area contributed by atoms with Gasteiger partial charge in [-0.25, -0.2) is 0 Å². The molecule has 0 atom stereocenters. The number of nitrogens with one attached hydrogen (secondary N) is 1. The lowest BCUT2D eigenvalue weighted by Gasteiger charge is -2.23. The second-order valence-electron chi connectivity index (χ2n) is 4.56. The fraction of sp³-hybridized carbons (Fsp3) is 0.929. The first-order chi connectivity index (χ1) is 8.69. The second-order valence-corrected chi connectivity index (χ2v) is 4.56. The van der Waals surface area contributed by atoms with Gasteiger partial charge in [0, 0.05) is 19.5 Å². The van der Waals surface area contributed by atoms with E-state index in [2.05, 4.69) is 31.0 Å². The molecular formula is C14H31N3O. The van der Waals surface area contributed by atoms with Gasteiger partial charge < -0.3 is 15.1 Å². The number of hydrogen-bond donors (Lipinski definition) is 1. The molecule has 0 aliphatic carbocycles. The Kier molecular flexibility index (Phi) is 11.1. The predicted octanol–water partition coefficient (Wildman–Crippen LogP) is 1.57. The van der Waals surface area contributed by atoms with Gasteiger partial charge in [-0.1, -0.05) is 13.8 Å². The van der Waals surface area contributed by atoms with E-state index in [1.807, 2.05) is 11.9 Å². The van der Waals surface area contributed by atoms with E-state index < -0.39 is 0 Å². The third-order valence-electron chi connectivity index (χ3n) is 3.35. The molecule has 0 bridgehead atoms. The van der Waals surface area contributed by atoms with Crippen LogP contribution in [0, 0.1) is 0 Å². The minimum absolute atomic E-state index is 0.298. The largest absolute Gasteiger partial charge is 0.343 e. The number of amides is 1. The standard InChI is InChI=1S/C14H31N3O/c1-5-16(6-2)12-9-13-17(7-3)14(18)10-8-11-15-4/h15H,5-13H2,1-4H3. The highest BCUT2D eigenvalue weighted by molar-refractivity contribution is 5.76. The van der Waals surface area contributed by atoms with Crippen molar-refractivity contribution < 1.29 is 4.79 Å². The fourth-order valence-corrected chi connectivity index (χ4v) is 2.06. The minimum atomic E-state index is 0.298. The fourth-order valence-electron chi connectivity index (χ4n) is 2.06. The molecule has 0 fully saturated rings. The Bertz CT molecular complexity index is 205. The van der Waals surface area contributed by atoms with Gasteiger partial charge in [0.15, 0.2) is 0 Å². The maximum absolute atomic E-state index is 11.9. The molecule has 108 valence electrons. The lowest BCUT2D eigenvalue weighted by molar-refractivity contribution is -0.131. The van der Waals surface area contributed by atoms with Gasteiger partial charge in [-0.3, -0.25) is 4.79 Å². The lowest BCUT2D eigenvalue weighted by atomic mass is 10.2. The first-order valence-electron chi connectivity index (χ1n) is 7.34. The van der Waals surface area contributed by atoms with E-state index in [0.717, 1.165) is 52.1 Å². The Morgan fingerprint density at radius 2 is 1.67 bits per heavy atom. The SMILES string of the molecule is CCN(CC)CCCN(CC)C(=O)CCCNC. The summed E-state index contributed by atoms with van der Waals surface area (Å²) in [5.41, 5.74) is 0. The smallest absolute Gasteiger partial charge is 0.222 e. The van der Waals surface area contributed by atoms with Crippen molar-refractivity contribution in [1.29, 1.82) is 0 Å². The van der Waals surface area contributed by atoms with E-state index in [9.17, 15) is 4.79 Å². The van der Waals surface area contributed by atoms with Crippen molar-refractivity contribution >= 4 is 5.91 Å². The van der Waals surface area contributed by atoms with Crippen LogP contribution in [0.4, 0.5) is 0 Å². The van der Waals surface area contributed by atoms with Gasteiger partial charge in [-0.05, 0) is 53.0 Å². The van der Waals surface area contributed by atoms with Gasteiger partial charge in [-0.2, -0.15) is 0 Å². The molecule has 18 heavy (non-hydrogen) atoms. The van der Waals surface area contributed by atoms with Crippen LogP contribution < -0.4 is 5.32 Å². The van der Waals surface area contributed by atoms with Crippen LogP contribution in [-0.2, 0) is 4.79 Å². The van der Waals surface area contributed by atoms with Crippen LogP contribution in [0.2, 0.25) is 0 Å². The molecule has 0 aromatic heterocycles. The molecule has 0 aromatic carbocycles. The maximum atomic E-state index is 11.9. The zero-order valence-corrected chi connectivity index (χ0v) is 12.7. The molecule has 0 heterocycles. The Morgan fingerprint density at radius 3 is 2.17 bits per heavy atom. The number of carbonyl (C=O) groups excluding carboxylic acids is 1. The summed E-state index contributed by atoms with van der Waals surface area (Å²) in [6.45, 7) is 12.4. The van der Waals surface area contributed by atoms with E-state index in [1.165, 1.54) is 0 Å². The molecule has 1 N–H and O–H groups in total. The lowest BCUT2D eigenvalue weighted by Crippen LogP contribution is -2.34. The van der Waals surface area contributed by atoms with Crippen molar-refractivity contribution in [3.8, 4) is 0 Å². The quantitative estimate of drug-likeness (QED) is 0.571. The molecule has 1 amide bonds. The topological polar surface area (TPSA) is 35.6 Å². The zero-order chi connectivity index (χ0) is 13.8. The highest BCUT2D eigenvalue weighted by Gasteiger charge is 2.10. The highest BCUT2D eigenvalue weighted by Crippen LogP contribution is 2.00. The van der Waals surface area contributed by atoms with Crippen LogP contribution in [0.3, 0.4) is 0 Å². The average Bonchev–Trinajstić information content (AvgIpc) is 2.39. The van der Waals surface area contributed by atoms with Crippen molar-refractivity contribution in [3.63, 3.8) is 0 Å². The second kappa shape index (κ2) is 11.5. The first kappa shape index (κ1) is 17.4. The van der Waals surface area contributed by atoms with Crippen LogP contribution >= 0.6 is 0 Å². The minimum Gasteiger partial charge on any atom is -0.343 e. The van der Waals surface area contributed by atoms with Gasteiger partial charge >= 0.3 is 0 Å². The Labute approximate surface area is 113 Å². The molecule has 0 saturated carbocycles. The van der Waals surface area contributed by atoms with Crippen LogP contribution in [0.15, 0.2) is 0 Å². The molecule has 0 radical (unpaired) electrons. The molecular weight excluding hydrogens is 226 g/mol. The van der Waals surface area contributed by atoms with E-state index >= 15 is 0 Å². The van der Waals surface area contributed by atoms with Crippen molar-refractivity contribution in [2.45, 2.75) is 40.0 Å². The molecule has 0 spiro atoms. The molecule has 4 heteroatoms. The van der Waals surface area contributed by atoms with Gasteiger partial charge in [0.25, 0.3) is 0 Å². The summed E-state index contributed by atoms with van der Waals surface area (Å²) in [6.07, 6.45) is 2.68. The van der Waals surface area contributed by atoms with Crippen LogP contribution in [0.1, 0.15) is 40.0 Å². The summed E-state index contributed by atoms with van der Waals surface area (Å²) in [7, 11) is 1.92. The summed E-state index contributed by atoms with van der Waals surface area (Å²) in [5, 5.41) is 3.08. The van der Waals surface area contributed by atoms with E-state index in [1.54, 1.807) is 0 Å². The van der Waals surface area contributed by atoms with Crippen molar-refractivity contribution in [2.24, 2.45) is 0 Å². The number of nitrogens with zero attached hydrogens (tertiary/aromatic N) is 2. The summed E-state index contributed by atoms with van der Waals surface area (Å²) in [5.74, 6) is 0.298. The average molecular weight is 257 g/mol. The summed E-state index contributed by atoms with van der Waals surface area (Å²) < 4.78 is 0. The molecule has 0 rings (SSSR count). The Morgan fingerprint density at radius 1 is 1.00 bits per heavy atom. The molecule has 0 saturated heterocycles. The van der Waals surface area contributed by atoms with Gasteiger partial charge in [-0.15, -0.1) is 0 Å². The van der Waals surface area contributed by atoms with Crippen LogP contribution in [0.5, 0.6) is 0 Å². The molecule has 4 nitrogen and oxygen atoms in total. The van der Waals surface area contributed by atoms with Crippen molar-refractivity contribution in [3.05, 3.63) is 0 Å². The summed E-state index contributed by atoms with van der Waals surface area (Å²) in [4.78, 5) is 16.3. The van der Waals surface area contributed by atoms with E-state index in [0.29, 0.717) is 12.3 Å². The van der Waals surface area contributed by atoms with E-state index in [-0.39, 0.29) is 0 Å². The first-order valence-corrected chi connectivity index (χ1v) is 7.34. The number of carbonyl (C=O) groups is 1. The summed E-state index contributed by atoms with van der Waals surface area (Å²) >= 11 is 0. The Hall–Kier alpha value is -0.610. The van der Waals surface area contributed by atoms with Crippen molar-refractivity contribution in [2.75, 3.05) is 46.3 Å². The molecule has 0 aliphatic rings. The molecule has 0 aliphatic heterocycles. The zero-order valence-electron chi connectivity index (χ0n) is 12.7. The monoisotopic (exact) mass is 257 g/mol. The molecule has 0 aromatic rings.